The number of hydrogen-bond acceptors (Lipinski definition) is 2. The molecule has 8 aromatic carbocycles. The van der Waals surface area contributed by atoms with Crippen molar-refractivity contribution < 1.29 is 4.42 Å². The average molecular weight is 603 g/mol. The van der Waals surface area contributed by atoms with Crippen LogP contribution >= 0.6 is 11.3 Å². The van der Waals surface area contributed by atoms with Crippen LogP contribution in [0.25, 0.3) is 97.7 Å². The van der Waals surface area contributed by atoms with E-state index in [2.05, 4.69) is 157 Å². The first kappa shape index (κ1) is 25.6. The van der Waals surface area contributed by atoms with Gasteiger partial charge in [-0.05, 0) is 83.7 Å². The summed E-state index contributed by atoms with van der Waals surface area (Å²) in [6, 6.07) is 55.0. The zero-order valence-electron chi connectivity index (χ0n) is 24.8. The SMILES string of the molecule is c1ccc(-c2csc3c2ccc2c4cc(-c5c6ccccc6c(-c6cccc7ccccc67)c6ccccc56)ccc4oc23)cc1. The van der Waals surface area contributed by atoms with Crippen LogP contribution < -0.4 is 0 Å². The molecule has 0 aliphatic carbocycles. The van der Waals surface area contributed by atoms with Gasteiger partial charge in [0.2, 0.25) is 0 Å². The summed E-state index contributed by atoms with van der Waals surface area (Å²) < 4.78 is 7.81. The Morgan fingerprint density at radius 3 is 1.78 bits per heavy atom. The summed E-state index contributed by atoms with van der Waals surface area (Å²) in [5, 5.41) is 13.4. The van der Waals surface area contributed by atoms with E-state index in [1.54, 1.807) is 11.3 Å². The van der Waals surface area contributed by atoms with E-state index in [9.17, 15) is 0 Å². The molecular formula is C44H26OS. The van der Waals surface area contributed by atoms with Crippen molar-refractivity contribution >= 4 is 75.7 Å². The first-order valence-electron chi connectivity index (χ1n) is 15.7. The van der Waals surface area contributed by atoms with E-state index >= 15 is 0 Å². The predicted octanol–water partition coefficient (Wildman–Crippen LogP) is 13.3. The van der Waals surface area contributed by atoms with Crippen LogP contribution in [-0.4, -0.2) is 0 Å². The quantitative estimate of drug-likeness (QED) is 0.183. The van der Waals surface area contributed by atoms with Crippen molar-refractivity contribution in [2.75, 3.05) is 0 Å². The van der Waals surface area contributed by atoms with Gasteiger partial charge in [0.15, 0.2) is 5.58 Å². The third-order valence-electron chi connectivity index (χ3n) is 9.54. The van der Waals surface area contributed by atoms with Gasteiger partial charge in [0, 0.05) is 21.7 Å². The smallest absolute Gasteiger partial charge is 0.153 e. The molecule has 0 spiro atoms. The molecule has 2 heterocycles. The highest BCUT2D eigenvalue weighted by Crippen LogP contribution is 2.47. The van der Waals surface area contributed by atoms with Gasteiger partial charge in [-0.2, -0.15) is 0 Å². The highest BCUT2D eigenvalue weighted by atomic mass is 32.1. The molecule has 0 saturated carbocycles. The van der Waals surface area contributed by atoms with Crippen LogP contribution in [0.1, 0.15) is 0 Å². The van der Waals surface area contributed by atoms with E-state index in [0.29, 0.717) is 0 Å². The van der Waals surface area contributed by atoms with Crippen molar-refractivity contribution in [1.29, 1.82) is 0 Å². The largest absolute Gasteiger partial charge is 0.455 e. The van der Waals surface area contributed by atoms with Crippen LogP contribution in [0.5, 0.6) is 0 Å². The highest BCUT2D eigenvalue weighted by Gasteiger charge is 2.20. The lowest BCUT2D eigenvalue weighted by molar-refractivity contribution is 0.673. The lowest BCUT2D eigenvalue weighted by Gasteiger charge is -2.18. The van der Waals surface area contributed by atoms with Crippen molar-refractivity contribution in [3.8, 4) is 33.4 Å². The van der Waals surface area contributed by atoms with Gasteiger partial charge in [-0.1, -0.05) is 133 Å². The lowest BCUT2D eigenvalue weighted by Crippen LogP contribution is -1.91. The maximum Gasteiger partial charge on any atom is 0.153 e. The average Bonchev–Trinajstić information content (AvgIpc) is 3.72. The summed E-state index contributed by atoms with van der Waals surface area (Å²) in [6.45, 7) is 0. The first-order valence-corrected chi connectivity index (χ1v) is 16.6. The minimum absolute atomic E-state index is 0.918. The molecule has 0 amide bonds. The van der Waals surface area contributed by atoms with Gasteiger partial charge < -0.3 is 4.42 Å². The number of rotatable bonds is 3. The standard InChI is InChI=1S/C44H26OS/c1-2-11-28(12-3-1)39-26-46-44-37(39)23-22-36-38-25-29(21-24-40(38)45-43(36)44)41-32-16-6-8-18-34(32)42(35-19-9-7-17-33(35)41)31-20-10-14-27-13-4-5-15-30(27)31/h1-26H. The van der Waals surface area contributed by atoms with E-state index in [-0.39, 0.29) is 0 Å². The summed E-state index contributed by atoms with van der Waals surface area (Å²) in [6.07, 6.45) is 0. The normalized spacial score (nSPS) is 11.9. The highest BCUT2D eigenvalue weighted by molar-refractivity contribution is 7.18. The van der Waals surface area contributed by atoms with Gasteiger partial charge in [-0.25, -0.2) is 0 Å². The number of fused-ring (bicyclic) bond motifs is 8. The molecule has 0 saturated heterocycles. The predicted molar refractivity (Wildman–Crippen MR) is 198 cm³/mol. The van der Waals surface area contributed by atoms with E-state index in [1.165, 1.54) is 75.8 Å². The molecule has 0 atom stereocenters. The molecule has 0 radical (unpaired) electrons. The maximum atomic E-state index is 6.61. The van der Waals surface area contributed by atoms with E-state index in [1.807, 2.05) is 0 Å². The van der Waals surface area contributed by atoms with Crippen LogP contribution in [-0.2, 0) is 0 Å². The zero-order valence-corrected chi connectivity index (χ0v) is 25.6. The van der Waals surface area contributed by atoms with E-state index in [0.717, 1.165) is 21.9 Å². The minimum Gasteiger partial charge on any atom is -0.455 e. The molecule has 0 fully saturated rings. The van der Waals surface area contributed by atoms with Crippen LogP contribution in [0.15, 0.2) is 161 Å². The van der Waals surface area contributed by atoms with Gasteiger partial charge in [0.25, 0.3) is 0 Å². The summed E-state index contributed by atoms with van der Waals surface area (Å²) in [7, 11) is 0. The van der Waals surface area contributed by atoms with Gasteiger partial charge >= 0.3 is 0 Å². The molecule has 2 aromatic heterocycles. The second kappa shape index (κ2) is 9.90. The molecule has 0 unspecified atom stereocenters. The molecule has 1 nitrogen and oxygen atoms in total. The molecule has 10 rings (SSSR count). The van der Waals surface area contributed by atoms with E-state index < -0.39 is 0 Å². The summed E-state index contributed by atoms with van der Waals surface area (Å²) in [4.78, 5) is 0. The summed E-state index contributed by atoms with van der Waals surface area (Å²) in [5.74, 6) is 0. The topological polar surface area (TPSA) is 13.1 Å². The number of hydrogen-bond donors (Lipinski definition) is 0. The Bertz CT molecular complexity index is 2740. The van der Waals surface area contributed by atoms with Crippen LogP contribution in [0.4, 0.5) is 0 Å². The Hall–Kier alpha value is -5.70. The van der Waals surface area contributed by atoms with Gasteiger partial charge in [0.1, 0.15) is 5.58 Å². The molecule has 0 bridgehead atoms. The Labute approximate surface area is 269 Å². The van der Waals surface area contributed by atoms with Crippen LogP contribution in [0.2, 0.25) is 0 Å². The Morgan fingerprint density at radius 2 is 1.02 bits per heavy atom. The number of benzene rings is 8. The molecule has 0 aliphatic rings. The van der Waals surface area contributed by atoms with Crippen molar-refractivity contribution in [3.05, 3.63) is 157 Å². The Kier molecular flexibility index (Phi) is 5.51. The van der Waals surface area contributed by atoms with Crippen molar-refractivity contribution in [3.63, 3.8) is 0 Å². The Morgan fingerprint density at radius 1 is 0.391 bits per heavy atom. The second-order valence-corrected chi connectivity index (χ2v) is 12.9. The van der Waals surface area contributed by atoms with Gasteiger partial charge in [-0.15, -0.1) is 11.3 Å². The fraction of sp³-hybridized carbons (Fsp3) is 0. The second-order valence-electron chi connectivity index (χ2n) is 12.0. The molecule has 46 heavy (non-hydrogen) atoms. The molecular weight excluding hydrogens is 577 g/mol. The molecule has 214 valence electrons. The van der Waals surface area contributed by atoms with Gasteiger partial charge in [0.05, 0.1) is 4.70 Å². The molecule has 0 aliphatic heterocycles. The van der Waals surface area contributed by atoms with Crippen molar-refractivity contribution in [2.45, 2.75) is 0 Å². The monoisotopic (exact) mass is 602 g/mol. The fourth-order valence-electron chi connectivity index (χ4n) is 7.50. The number of furan rings is 1. The minimum atomic E-state index is 0.918. The third kappa shape index (κ3) is 3.68. The fourth-order valence-corrected chi connectivity index (χ4v) is 8.56. The van der Waals surface area contributed by atoms with Crippen molar-refractivity contribution in [1.82, 2.24) is 0 Å². The maximum absolute atomic E-state index is 6.61. The number of thiophene rings is 1. The summed E-state index contributed by atoms with van der Waals surface area (Å²) >= 11 is 1.76. The third-order valence-corrected chi connectivity index (χ3v) is 10.5. The van der Waals surface area contributed by atoms with Gasteiger partial charge in [-0.3, -0.25) is 0 Å². The first-order chi connectivity index (χ1) is 22.8. The van der Waals surface area contributed by atoms with E-state index in [4.69, 9.17) is 4.42 Å². The van der Waals surface area contributed by atoms with Crippen molar-refractivity contribution in [2.24, 2.45) is 0 Å². The Balaban J connectivity index is 1.24. The van der Waals surface area contributed by atoms with Crippen LogP contribution in [0.3, 0.4) is 0 Å². The molecule has 10 aromatic rings. The molecule has 2 heteroatoms. The lowest BCUT2D eigenvalue weighted by atomic mass is 9.84. The molecule has 0 N–H and O–H groups in total. The van der Waals surface area contributed by atoms with Crippen LogP contribution in [0, 0.1) is 0 Å². The summed E-state index contributed by atoms with van der Waals surface area (Å²) in [5.41, 5.74) is 9.39. The zero-order chi connectivity index (χ0) is 30.2.